The van der Waals surface area contributed by atoms with Gasteiger partial charge in [0.2, 0.25) is 0 Å². The van der Waals surface area contributed by atoms with Gasteiger partial charge in [-0.15, -0.1) is 0 Å². The van der Waals surface area contributed by atoms with E-state index in [1.54, 1.807) is 5.01 Å². The fraction of sp³-hybridized carbons (Fsp3) is 0.333. The second-order valence-electron chi connectivity index (χ2n) is 11.0. The third-order valence-corrected chi connectivity index (χ3v) is 8.76. The Morgan fingerprint density at radius 3 is 2.20 bits per heavy atom. The predicted octanol–water partition coefficient (Wildman–Crippen LogP) is 6.93. The Balaban J connectivity index is 1.20. The van der Waals surface area contributed by atoms with Crippen LogP contribution in [0.25, 0.3) is 6.08 Å². The van der Waals surface area contributed by atoms with E-state index in [-0.39, 0.29) is 17.9 Å². The fourth-order valence-corrected chi connectivity index (χ4v) is 6.42. The summed E-state index contributed by atoms with van der Waals surface area (Å²) in [5, 5.41) is 8.26. The van der Waals surface area contributed by atoms with E-state index in [9.17, 15) is 4.79 Å². The molecular formula is C33H34Cl2N4O. The summed E-state index contributed by atoms with van der Waals surface area (Å²) in [6.07, 6.45) is 5.24. The van der Waals surface area contributed by atoms with Gasteiger partial charge in [0.15, 0.2) is 0 Å². The monoisotopic (exact) mass is 572 g/mol. The predicted molar refractivity (Wildman–Crippen MR) is 163 cm³/mol. The average Bonchev–Trinajstić information content (AvgIpc) is 3.37. The number of carbonyl (C=O) groups is 1. The number of rotatable bonds is 6. The molecule has 2 fully saturated rings. The van der Waals surface area contributed by atoms with E-state index in [0.717, 1.165) is 73.8 Å². The molecule has 3 aromatic rings. The number of benzene rings is 3. The first kappa shape index (κ1) is 27.2. The highest BCUT2D eigenvalue weighted by Crippen LogP contribution is 2.44. The molecule has 3 aliphatic rings. The molecule has 2 aliphatic heterocycles. The van der Waals surface area contributed by atoms with E-state index in [4.69, 9.17) is 28.3 Å². The lowest BCUT2D eigenvalue weighted by atomic mass is 9.77. The van der Waals surface area contributed by atoms with E-state index >= 15 is 0 Å². The van der Waals surface area contributed by atoms with Crippen LogP contribution in [0.5, 0.6) is 0 Å². The maximum atomic E-state index is 13.9. The van der Waals surface area contributed by atoms with E-state index in [0.29, 0.717) is 11.6 Å². The number of allylic oxidation sites excluding steroid dienone is 1. The van der Waals surface area contributed by atoms with Crippen molar-refractivity contribution in [2.45, 2.75) is 31.8 Å². The van der Waals surface area contributed by atoms with E-state index in [1.807, 2.05) is 48.5 Å². The zero-order valence-electron chi connectivity index (χ0n) is 22.6. The first-order chi connectivity index (χ1) is 19.5. The van der Waals surface area contributed by atoms with Gasteiger partial charge in [0, 0.05) is 48.7 Å². The Hall–Kier alpha value is -2.96. The van der Waals surface area contributed by atoms with Crippen molar-refractivity contribution in [1.29, 1.82) is 0 Å². The van der Waals surface area contributed by atoms with Crippen LogP contribution in [-0.2, 0) is 11.3 Å². The molecule has 0 spiro atoms. The summed E-state index contributed by atoms with van der Waals surface area (Å²) in [4.78, 5) is 18.6. The molecule has 0 N–H and O–H groups in total. The lowest BCUT2D eigenvalue weighted by molar-refractivity contribution is -0.135. The van der Waals surface area contributed by atoms with Gasteiger partial charge in [-0.25, -0.2) is 5.01 Å². The summed E-state index contributed by atoms with van der Waals surface area (Å²) in [5.74, 6) is 0.226. The lowest BCUT2D eigenvalue weighted by Gasteiger charge is -2.35. The first-order valence-corrected chi connectivity index (χ1v) is 14.9. The van der Waals surface area contributed by atoms with Crippen LogP contribution in [0, 0.1) is 5.92 Å². The summed E-state index contributed by atoms with van der Waals surface area (Å²) >= 11 is 12.3. The summed E-state index contributed by atoms with van der Waals surface area (Å²) in [7, 11) is 0. The minimum absolute atomic E-state index is 0.0594. The Morgan fingerprint density at radius 2 is 1.50 bits per heavy atom. The number of amides is 1. The molecule has 206 valence electrons. The van der Waals surface area contributed by atoms with Crippen molar-refractivity contribution in [3.8, 4) is 0 Å². The maximum absolute atomic E-state index is 13.9. The molecule has 2 heterocycles. The molecule has 1 amide bonds. The van der Waals surface area contributed by atoms with E-state index in [2.05, 4.69) is 46.2 Å². The van der Waals surface area contributed by atoms with Crippen LogP contribution in [0.3, 0.4) is 0 Å². The third kappa shape index (κ3) is 6.18. The zero-order chi connectivity index (χ0) is 27.5. The molecule has 1 saturated carbocycles. The minimum atomic E-state index is -0.118. The Bertz CT molecular complexity index is 1380. The number of fused-ring (bicyclic) bond motifs is 1. The highest BCUT2D eigenvalue weighted by Gasteiger charge is 2.44. The van der Waals surface area contributed by atoms with Crippen LogP contribution in [-0.4, -0.2) is 59.2 Å². The standard InChI is InChI=1S/C33H34Cl2N4O/c34-28-13-9-24(10-14-28)21-27-7-4-8-30-32(27)36-39(33(30)26-11-15-29(35)16-12-26)31(40)23-38-19-17-37(18-20-38)22-25-5-2-1-3-6-25/h1-3,5-6,9-16,21,30,33H,4,7-8,17-20,22-23H2/b27-21-/t30-,33-/m0/s1. The maximum Gasteiger partial charge on any atom is 0.257 e. The molecule has 0 aromatic heterocycles. The number of halogens is 2. The normalized spacial score (nSPS) is 22.8. The van der Waals surface area contributed by atoms with Gasteiger partial charge in [0.05, 0.1) is 18.3 Å². The molecular weight excluding hydrogens is 539 g/mol. The second kappa shape index (κ2) is 12.3. The van der Waals surface area contributed by atoms with Gasteiger partial charge in [0.1, 0.15) is 0 Å². The smallest absolute Gasteiger partial charge is 0.257 e. The van der Waals surface area contributed by atoms with Crippen LogP contribution in [0.2, 0.25) is 10.0 Å². The summed E-state index contributed by atoms with van der Waals surface area (Å²) in [6, 6.07) is 26.3. The van der Waals surface area contributed by atoms with Crippen LogP contribution in [0.4, 0.5) is 0 Å². The number of hydrogen-bond donors (Lipinski definition) is 0. The number of hydrazone groups is 1. The van der Waals surface area contributed by atoms with Crippen molar-refractivity contribution in [1.82, 2.24) is 14.8 Å². The molecule has 5 nitrogen and oxygen atoms in total. The van der Waals surface area contributed by atoms with E-state index < -0.39 is 0 Å². The number of carbonyl (C=O) groups excluding carboxylic acids is 1. The summed E-state index contributed by atoms with van der Waals surface area (Å²) in [6.45, 7) is 4.98. The van der Waals surface area contributed by atoms with Crippen molar-refractivity contribution in [2.24, 2.45) is 11.0 Å². The van der Waals surface area contributed by atoms with Gasteiger partial charge in [0.25, 0.3) is 5.91 Å². The van der Waals surface area contributed by atoms with Crippen LogP contribution in [0.1, 0.15) is 42.0 Å². The summed E-state index contributed by atoms with van der Waals surface area (Å²) in [5.41, 5.74) is 5.77. The molecule has 3 aromatic carbocycles. The van der Waals surface area contributed by atoms with Gasteiger partial charge >= 0.3 is 0 Å². The number of piperazine rings is 1. The second-order valence-corrected chi connectivity index (χ2v) is 11.9. The molecule has 40 heavy (non-hydrogen) atoms. The van der Waals surface area contributed by atoms with Crippen molar-refractivity contribution in [3.05, 3.63) is 111 Å². The van der Waals surface area contributed by atoms with Gasteiger partial charge in [-0.05, 0) is 71.9 Å². The fourth-order valence-electron chi connectivity index (χ4n) is 6.17. The topological polar surface area (TPSA) is 39.2 Å². The Kier molecular flexibility index (Phi) is 8.35. The molecule has 2 atom stereocenters. The van der Waals surface area contributed by atoms with Crippen molar-refractivity contribution in [3.63, 3.8) is 0 Å². The quantitative estimate of drug-likeness (QED) is 0.321. The molecule has 6 rings (SSSR count). The Morgan fingerprint density at radius 1 is 0.850 bits per heavy atom. The largest absolute Gasteiger partial charge is 0.297 e. The van der Waals surface area contributed by atoms with Crippen LogP contribution >= 0.6 is 23.2 Å². The van der Waals surface area contributed by atoms with Crippen molar-refractivity contribution < 1.29 is 4.79 Å². The number of hydrogen-bond acceptors (Lipinski definition) is 4. The first-order valence-electron chi connectivity index (χ1n) is 14.1. The molecule has 0 bridgehead atoms. The van der Waals surface area contributed by atoms with E-state index in [1.165, 1.54) is 11.1 Å². The molecule has 0 unspecified atom stereocenters. The SMILES string of the molecule is O=C(CN1CCN(Cc2ccccc2)CC1)N1N=C2/C(=C\c3ccc(Cl)cc3)CCC[C@@H]2[C@@H]1c1ccc(Cl)cc1. The van der Waals surface area contributed by atoms with Gasteiger partial charge in [-0.2, -0.15) is 5.10 Å². The van der Waals surface area contributed by atoms with Gasteiger partial charge in [-0.3, -0.25) is 14.6 Å². The number of nitrogens with zero attached hydrogens (tertiary/aromatic N) is 4. The lowest BCUT2D eigenvalue weighted by Crippen LogP contribution is -2.49. The van der Waals surface area contributed by atoms with Gasteiger partial charge in [-0.1, -0.05) is 77.8 Å². The van der Waals surface area contributed by atoms with Crippen molar-refractivity contribution in [2.75, 3.05) is 32.7 Å². The van der Waals surface area contributed by atoms with Gasteiger partial charge < -0.3 is 0 Å². The van der Waals surface area contributed by atoms with Crippen molar-refractivity contribution >= 4 is 40.9 Å². The average molecular weight is 574 g/mol. The van der Waals surface area contributed by atoms with Crippen LogP contribution in [0.15, 0.2) is 89.5 Å². The molecule has 1 aliphatic carbocycles. The molecule has 1 saturated heterocycles. The summed E-state index contributed by atoms with van der Waals surface area (Å²) < 4.78 is 0. The minimum Gasteiger partial charge on any atom is -0.297 e. The highest BCUT2D eigenvalue weighted by atomic mass is 35.5. The third-order valence-electron chi connectivity index (χ3n) is 8.25. The Labute approximate surface area is 246 Å². The highest BCUT2D eigenvalue weighted by molar-refractivity contribution is 6.30. The van der Waals surface area contributed by atoms with Crippen LogP contribution < -0.4 is 0 Å². The molecule has 7 heteroatoms. The molecule has 0 radical (unpaired) electrons. The zero-order valence-corrected chi connectivity index (χ0v) is 24.1.